The number of thiophene rings is 2. The molecule has 0 fully saturated rings. The summed E-state index contributed by atoms with van der Waals surface area (Å²) in [4.78, 5) is 36.8. The van der Waals surface area contributed by atoms with Crippen molar-refractivity contribution in [2.45, 2.75) is 6.54 Å². The monoisotopic (exact) mass is 406 g/mol. The second-order valence-electron chi connectivity index (χ2n) is 5.18. The maximum atomic E-state index is 12.3. The average Bonchev–Trinajstić information content (AvgIpc) is 3.31. The molecule has 0 radical (unpaired) electrons. The molecule has 1 amide bonds. The van der Waals surface area contributed by atoms with Crippen molar-refractivity contribution < 1.29 is 14.5 Å². The molecule has 26 heavy (non-hydrogen) atoms. The van der Waals surface area contributed by atoms with E-state index in [4.69, 9.17) is 11.6 Å². The van der Waals surface area contributed by atoms with Crippen LogP contribution >= 0.6 is 34.3 Å². The first-order valence-corrected chi connectivity index (χ1v) is 9.42. The zero-order valence-electron chi connectivity index (χ0n) is 13.1. The van der Waals surface area contributed by atoms with Gasteiger partial charge in [0.15, 0.2) is 0 Å². The minimum absolute atomic E-state index is 0.0264. The van der Waals surface area contributed by atoms with Crippen LogP contribution in [0.15, 0.2) is 47.8 Å². The first-order valence-electron chi connectivity index (χ1n) is 7.35. The number of carbonyl (C=O) groups excluding carboxylic acids is 2. The molecule has 2 aromatic heterocycles. The molecule has 0 aliphatic carbocycles. The highest BCUT2D eigenvalue weighted by Gasteiger charge is 2.17. The van der Waals surface area contributed by atoms with Crippen LogP contribution in [0.1, 0.15) is 29.8 Å². The number of benzene rings is 1. The summed E-state index contributed by atoms with van der Waals surface area (Å²) >= 11 is 8.42. The quantitative estimate of drug-likeness (QED) is 0.370. The van der Waals surface area contributed by atoms with Gasteiger partial charge in [0.05, 0.1) is 21.2 Å². The van der Waals surface area contributed by atoms with E-state index in [0.29, 0.717) is 9.75 Å². The summed E-state index contributed by atoms with van der Waals surface area (Å²) in [5, 5.41) is 15.4. The van der Waals surface area contributed by atoms with Crippen molar-refractivity contribution in [1.82, 2.24) is 5.32 Å². The number of hydrogen-bond donors (Lipinski definition) is 1. The molecular weight excluding hydrogens is 396 g/mol. The van der Waals surface area contributed by atoms with Gasteiger partial charge in [0.2, 0.25) is 5.78 Å². The van der Waals surface area contributed by atoms with Crippen LogP contribution in [0.4, 0.5) is 5.69 Å². The number of hydrogen-bond acceptors (Lipinski definition) is 6. The number of rotatable bonds is 6. The second-order valence-corrected chi connectivity index (χ2v) is 7.70. The van der Waals surface area contributed by atoms with E-state index < -0.39 is 10.8 Å². The molecule has 1 N–H and O–H groups in total. The predicted octanol–water partition coefficient (Wildman–Crippen LogP) is 4.53. The maximum Gasteiger partial charge on any atom is 0.288 e. The minimum Gasteiger partial charge on any atom is -0.347 e. The largest absolute Gasteiger partial charge is 0.347 e. The molecule has 0 spiro atoms. The molecule has 3 rings (SSSR count). The summed E-state index contributed by atoms with van der Waals surface area (Å²) < 4.78 is 0. The van der Waals surface area contributed by atoms with Gasteiger partial charge >= 0.3 is 0 Å². The van der Waals surface area contributed by atoms with Gasteiger partial charge < -0.3 is 5.32 Å². The highest BCUT2D eigenvalue weighted by Crippen LogP contribution is 2.25. The Morgan fingerprint density at radius 3 is 2.65 bits per heavy atom. The van der Waals surface area contributed by atoms with Gasteiger partial charge in [-0.2, -0.15) is 0 Å². The lowest BCUT2D eigenvalue weighted by molar-refractivity contribution is -0.384. The fourth-order valence-corrected chi connectivity index (χ4v) is 4.02. The zero-order valence-corrected chi connectivity index (χ0v) is 15.5. The maximum absolute atomic E-state index is 12.3. The predicted molar refractivity (Wildman–Crippen MR) is 101 cm³/mol. The zero-order chi connectivity index (χ0) is 18.7. The molecule has 2 heterocycles. The van der Waals surface area contributed by atoms with E-state index in [-0.39, 0.29) is 28.6 Å². The van der Waals surface area contributed by atoms with Crippen molar-refractivity contribution in [2.24, 2.45) is 0 Å². The minimum atomic E-state index is -0.638. The Hall–Kier alpha value is -2.55. The lowest BCUT2D eigenvalue weighted by atomic mass is 10.2. The van der Waals surface area contributed by atoms with Crippen LogP contribution in [0.5, 0.6) is 0 Å². The van der Waals surface area contributed by atoms with E-state index in [1.165, 1.54) is 34.8 Å². The molecule has 132 valence electrons. The van der Waals surface area contributed by atoms with Crippen LogP contribution in [0, 0.1) is 10.1 Å². The first-order chi connectivity index (χ1) is 12.5. The standard InChI is InChI=1S/C17H11ClN2O4S2/c18-12-5-3-10(8-13(12)20(23)24)17(22)19-9-11-4-6-15(26-11)16(21)14-2-1-7-25-14/h1-8H,9H2,(H,19,22). The molecule has 0 saturated carbocycles. The smallest absolute Gasteiger partial charge is 0.288 e. The number of nitro groups is 1. The molecule has 3 aromatic rings. The van der Waals surface area contributed by atoms with Crippen LogP contribution in [0.2, 0.25) is 5.02 Å². The van der Waals surface area contributed by atoms with Crippen molar-refractivity contribution in [3.63, 3.8) is 0 Å². The number of carbonyl (C=O) groups is 2. The number of nitro benzene ring substituents is 1. The van der Waals surface area contributed by atoms with Crippen LogP contribution < -0.4 is 5.32 Å². The topological polar surface area (TPSA) is 89.3 Å². The summed E-state index contributed by atoms with van der Waals surface area (Å²) in [6.45, 7) is 0.220. The molecular formula is C17H11ClN2O4S2. The first kappa shape index (κ1) is 18.2. The van der Waals surface area contributed by atoms with Gasteiger partial charge in [0.1, 0.15) is 5.02 Å². The second kappa shape index (κ2) is 7.77. The van der Waals surface area contributed by atoms with Crippen molar-refractivity contribution in [2.75, 3.05) is 0 Å². The highest BCUT2D eigenvalue weighted by molar-refractivity contribution is 7.16. The molecule has 6 nitrogen and oxygen atoms in total. The molecule has 0 unspecified atom stereocenters. The van der Waals surface area contributed by atoms with Crippen molar-refractivity contribution >= 4 is 51.7 Å². The van der Waals surface area contributed by atoms with Crippen LogP contribution in [0.25, 0.3) is 0 Å². The normalized spacial score (nSPS) is 10.5. The lowest BCUT2D eigenvalue weighted by Gasteiger charge is -2.04. The van der Waals surface area contributed by atoms with E-state index in [2.05, 4.69) is 5.32 Å². The van der Waals surface area contributed by atoms with Crippen LogP contribution in [-0.4, -0.2) is 16.6 Å². The number of nitrogens with one attached hydrogen (secondary N) is 1. The summed E-state index contributed by atoms with van der Waals surface area (Å²) in [7, 11) is 0. The van der Waals surface area contributed by atoms with Gasteiger partial charge in [-0.25, -0.2) is 0 Å². The fraction of sp³-hybridized carbons (Fsp3) is 0.0588. The fourth-order valence-electron chi connectivity index (χ4n) is 2.19. The van der Waals surface area contributed by atoms with E-state index in [1.807, 2.05) is 11.4 Å². The Balaban J connectivity index is 1.66. The Labute approximate surface area is 161 Å². The van der Waals surface area contributed by atoms with E-state index in [0.717, 1.165) is 10.9 Å². The SMILES string of the molecule is O=C(NCc1ccc(C(=O)c2cccs2)s1)c1ccc(Cl)c([N+](=O)[O-])c1. The van der Waals surface area contributed by atoms with Crippen molar-refractivity contribution in [3.05, 3.63) is 83.2 Å². The van der Waals surface area contributed by atoms with Crippen LogP contribution in [0.3, 0.4) is 0 Å². The summed E-state index contributed by atoms with van der Waals surface area (Å²) in [6.07, 6.45) is 0. The van der Waals surface area contributed by atoms with E-state index >= 15 is 0 Å². The van der Waals surface area contributed by atoms with Crippen molar-refractivity contribution in [1.29, 1.82) is 0 Å². The third-order valence-electron chi connectivity index (χ3n) is 3.46. The van der Waals surface area contributed by atoms with Crippen LogP contribution in [-0.2, 0) is 6.54 Å². The lowest BCUT2D eigenvalue weighted by Crippen LogP contribution is -2.22. The van der Waals surface area contributed by atoms with Gasteiger partial charge in [-0.15, -0.1) is 22.7 Å². The molecule has 0 bridgehead atoms. The van der Waals surface area contributed by atoms with Gasteiger partial charge in [-0.3, -0.25) is 19.7 Å². The molecule has 0 aliphatic heterocycles. The molecule has 9 heteroatoms. The molecule has 0 aliphatic rings. The Morgan fingerprint density at radius 2 is 1.96 bits per heavy atom. The number of amides is 1. The van der Waals surface area contributed by atoms with Gasteiger partial charge in [0.25, 0.3) is 11.6 Å². The number of ketones is 1. The summed E-state index contributed by atoms with van der Waals surface area (Å²) in [5.74, 6) is -0.500. The summed E-state index contributed by atoms with van der Waals surface area (Å²) in [6, 6.07) is 11.0. The molecule has 1 aromatic carbocycles. The third-order valence-corrected chi connectivity index (χ3v) is 5.73. The van der Waals surface area contributed by atoms with Gasteiger partial charge in [-0.1, -0.05) is 17.7 Å². The Bertz CT molecular complexity index is 983. The van der Waals surface area contributed by atoms with E-state index in [9.17, 15) is 19.7 Å². The third kappa shape index (κ3) is 3.98. The van der Waals surface area contributed by atoms with Gasteiger partial charge in [-0.05, 0) is 35.7 Å². The Morgan fingerprint density at radius 1 is 1.15 bits per heavy atom. The highest BCUT2D eigenvalue weighted by atomic mass is 35.5. The summed E-state index contributed by atoms with van der Waals surface area (Å²) in [5.41, 5.74) is -0.174. The van der Waals surface area contributed by atoms with E-state index in [1.54, 1.807) is 18.2 Å². The van der Waals surface area contributed by atoms with Crippen molar-refractivity contribution in [3.8, 4) is 0 Å². The number of halogens is 1. The number of nitrogens with zero attached hydrogens (tertiary/aromatic N) is 1. The average molecular weight is 407 g/mol. The Kier molecular flexibility index (Phi) is 5.46. The molecule has 0 atom stereocenters. The van der Waals surface area contributed by atoms with Gasteiger partial charge in [0, 0.05) is 16.5 Å². The molecule has 0 saturated heterocycles.